The molecule has 0 saturated heterocycles. The number of hydrogen-bond acceptors (Lipinski definition) is 2. The first kappa shape index (κ1) is 13.1. The van der Waals surface area contributed by atoms with Crippen LogP contribution >= 0.6 is 0 Å². The van der Waals surface area contributed by atoms with E-state index in [4.69, 9.17) is 5.73 Å². The molecule has 0 aliphatic carbocycles. The standard InChI is InChI=1S/C15H22N2O/c1-9(2)11(8-16)10-5-6-13-12(7-10)15(3,4)14(18)17-13/h5-7,9,11H,8,16H2,1-4H3,(H,17,18). The van der Waals surface area contributed by atoms with Crippen molar-refractivity contribution in [1.29, 1.82) is 0 Å². The minimum atomic E-state index is -0.443. The van der Waals surface area contributed by atoms with Crippen LogP contribution in [0.5, 0.6) is 0 Å². The molecule has 0 spiro atoms. The van der Waals surface area contributed by atoms with Gasteiger partial charge in [0.25, 0.3) is 0 Å². The van der Waals surface area contributed by atoms with E-state index in [1.807, 2.05) is 19.9 Å². The van der Waals surface area contributed by atoms with Gasteiger partial charge in [-0.3, -0.25) is 4.79 Å². The van der Waals surface area contributed by atoms with Crippen molar-refractivity contribution in [3.63, 3.8) is 0 Å². The minimum absolute atomic E-state index is 0.0727. The largest absolute Gasteiger partial charge is 0.330 e. The van der Waals surface area contributed by atoms with Gasteiger partial charge in [0.2, 0.25) is 5.91 Å². The summed E-state index contributed by atoms with van der Waals surface area (Å²) in [5.41, 5.74) is 8.68. The Bertz CT molecular complexity index is 477. The third kappa shape index (κ3) is 1.93. The van der Waals surface area contributed by atoms with Gasteiger partial charge in [0, 0.05) is 5.69 Å². The Hall–Kier alpha value is -1.35. The number of carbonyl (C=O) groups excluding carboxylic acids is 1. The predicted molar refractivity (Wildman–Crippen MR) is 74.7 cm³/mol. The molecule has 1 aliphatic heterocycles. The van der Waals surface area contributed by atoms with Gasteiger partial charge in [-0.05, 0) is 49.4 Å². The molecule has 0 aromatic heterocycles. The maximum absolute atomic E-state index is 11.9. The van der Waals surface area contributed by atoms with Crippen molar-refractivity contribution in [2.75, 3.05) is 11.9 Å². The number of amides is 1. The van der Waals surface area contributed by atoms with Gasteiger partial charge in [0.15, 0.2) is 0 Å². The third-order valence-electron chi connectivity index (χ3n) is 4.02. The lowest BCUT2D eigenvalue weighted by molar-refractivity contribution is -0.119. The van der Waals surface area contributed by atoms with E-state index in [0.29, 0.717) is 18.4 Å². The van der Waals surface area contributed by atoms with E-state index in [-0.39, 0.29) is 5.91 Å². The van der Waals surface area contributed by atoms with Crippen molar-refractivity contribution in [2.45, 2.75) is 39.0 Å². The second-order valence-corrected chi connectivity index (χ2v) is 5.97. The molecule has 3 N–H and O–H groups in total. The lowest BCUT2D eigenvalue weighted by Gasteiger charge is -2.22. The quantitative estimate of drug-likeness (QED) is 0.861. The van der Waals surface area contributed by atoms with Crippen LogP contribution in [-0.4, -0.2) is 12.5 Å². The van der Waals surface area contributed by atoms with Crippen LogP contribution in [0.4, 0.5) is 5.69 Å². The maximum Gasteiger partial charge on any atom is 0.234 e. The van der Waals surface area contributed by atoms with Gasteiger partial charge >= 0.3 is 0 Å². The summed E-state index contributed by atoms with van der Waals surface area (Å²) < 4.78 is 0. The molecule has 3 heteroatoms. The molecule has 18 heavy (non-hydrogen) atoms. The fraction of sp³-hybridized carbons (Fsp3) is 0.533. The van der Waals surface area contributed by atoms with Gasteiger partial charge in [-0.2, -0.15) is 0 Å². The number of fused-ring (bicyclic) bond motifs is 1. The number of hydrogen-bond donors (Lipinski definition) is 2. The number of carbonyl (C=O) groups is 1. The highest BCUT2D eigenvalue weighted by atomic mass is 16.2. The highest BCUT2D eigenvalue weighted by molar-refractivity contribution is 6.05. The van der Waals surface area contributed by atoms with Crippen LogP contribution in [0, 0.1) is 5.92 Å². The lowest BCUT2D eigenvalue weighted by Crippen LogP contribution is -2.27. The summed E-state index contributed by atoms with van der Waals surface area (Å²) >= 11 is 0. The molecule has 0 saturated carbocycles. The topological polar surface area (TPSA) is 55.1 Å². The SMILES string of the molecule is CC(C)C(CN)c1ccc2c(c1)C(C)(C)C(=O)N2. The molecule has 2 rings (SSSR count). The van der Waals surface area contributed by atoms with E-state index in [9.17, 15) is 4.79 Å². The van der Waals surface area contributed by atoms with Gasteiger partial charge in [0.1, 0.15) is 0 Å². The van der Waals surface area contributed by atoms with Gasteiger partial charge in [-0.15, -0.1) is 0 Å². The molecule has 1 amide bonds. The molecule has 1 unspecified atom stereocenters. The molecular formula is C15H22N2O. The van der Waals surface area contributed by atoms with Crippen LogP contribution in [0.2, 0.25) is 0 Å². The zero-order valence-electron chi connectivity index (χ0n) is 11.6. The van der Waals surface area contributed by atoms with Gasteiger partial charge < -0.3 is 11.1 Å². The normalized spacial score (nSPS) is 18.7. The molecule has 3 nitrogen and oxygen atoms in total. The fourth-order valence-electron chi connectivity index (χ4n) is 2.61. The van der Waals surface area contributed by atoms with E-state index >= 15 is 0 Å². The highest BCUT2D eigenvalue weighted by Gasteiger charge is 2.38. The molecule has 1 aliphatic rings. The van der Waals surface area contributed by atoms with Crippen LogP contribution < -0.4 is 11.1 Å². The number of nitrogens with two attached hydrogens (primary N) is 1. The second kappa shape index (κ2) is 4.39. The smallest absolute Gasteiger partial charge is 0.234 e. The van der Waals surface area contributed by atoms with Crippen molar-refractivity contribution in [1.82, 2.24) is 0 Å². The predicted octanol–water partition coefficient (Wildman–Crippen LogP) is 2.61. The van der Waals surface area contributed by atoms with Crippen molar-refractivity contribution < 1.29 is 4.79 Å². The molecule has 98 valence electrons. The van der Waals surface area contributed by atoms with Crippen molar-refractivity contribution in [3.8, 4) is 0 Å². The van der Waals surface area contributed by atoms with Crippen LogP contribution in [0.3, 0.4) is 0 Å². The van der Waals surface area contributed by atoms with E-state index in [1.165, 1.54) is 5.56 Å². The maximum atomic E-state index is 11.9. The Balaban J connectivity index is 2.45. The fourth-order valence-corrected chi connectivity index (χ4v) is 2.61. The molecule has 1 aromatic carbocycles. The van der Waals surface area contributed by atoms with Crippen LogP contribution in [-0.2, 0) is 10.2 Å². The third-order valence-corrected chi connectivity index (χ3v) is 4.02. The number of rotatable bonds is 3. The Morgan fingerprint density at radius 2 is 2.00 bits per heavy atom. The Kier molecular flexibility index (Phi) is 3.20. The summed E-state index contributed by atoms with van der Waals surface area (Å²) in [4.78, 5) is 11.9. The highest BCUT2D eigenvalue weighted by Crippen LogP contribution is 2.39. The molecule has 0 fully saturated rings. The monoisotopic (exact) mass is 246 g/mol. The summed E-state index contributed by atoms with van der Waals surface area (Å²) in [6, 6.07) is 6.23. The molecule has 1 aromatic rings. The first-order valence-corrected chi connectivity index (χ1v) is 6.54. The van der Waals surface area contributed by atoms with Gasteiger partial charge in [-0.1, -0.05) is 26.0 Å². The average Bonchev–Trinajstić information content (AvgIpc) is 2.51. The van der Waals surface area contributed by atoms with E-state index in [1.54, 1.807) is 0 Å². The summed E-state index contributed by atoms with van der Waals surface area (Å²) in [5.74, 6) is 0.923. The van der Waals surface area contributed by atoms with Crippen molar-refractivity contribution in [2.24, 2.45) is 11.7 Å². The average molecular weight is 246 g/mol. The molecule has 1 heterocycles. The summed E-state index contributed by atoms with van der Waals surface area (Å²) in [6.45, 7) is 8.92. The zero-order chi connectivity index (χ0) is 13.5. The first-order valence-electron chi connectivity index (χ1n) is 6.54. The zero-order valence-corrected chi connectivity index (χ0v) is 11.6. The van der Waals surface area contributed by atoms with E-state index < -0.39 is 5.41 Å². The summed E-state index contributed by atoms with van der Waals surface area (Å²) in [5, 5.41) is 2.93. The van der Waals surface area contributed by atoms with E-state index in [2.05, 4.69) is 31.3 Å². The lowest BCUT2D eigenvalue weighted by atomic mass is 9.82. The Morgan fingerprint density at radius 1 is 1.33 bits per heavy atom. The molecule has 1 atom stereocenters. The van der Waals surface area contributed by atoms with Gasteiger partial charge in [0.05, 0.1) is 5.41 Å². The molecular weight excluding hydrogens is 224 g/mol. The van der Waals surface area contributed by atoms with Crippen LogP contribution in [0.25, 0.3) is 0 Å². The van der Waals surface area contributed by atoms with E-state index in [0.717, 1.165) is 11.3 Å². The second-order valence-electron chi connectivity index (χ2n) is 5.97. The van der Waals surface area contributed by atoms with Crippen LogP contribution in [0.1, 0.15) is 44.7 Å². The van der Waals surface area contributed by atoms with Crippen molar-refractivity contribution >= 4 is 11.6 Å². The van der Waals surface area contributed by atoms with Crippen LogP contribution in [0.15, 0.2) is 18.2 Å². The first-order chi connectivity index (χ1) is 8.37. The molecule has 0 bridgehead atoms. The number of benzene rings is 1. The van der Waals surface area contributed by atoms with Crippen molar-refractivity contribution in [3.05, 3.63) is 29.3 Å². The Morgan fingerprint density at radius 3 is 2.56 bits per heavy atom. The minimum Gasteiger partial charge on any atom is -0.330 e. The summed E-state index contributed by atoms with van der Waals surface area (Å²) in [7, 11) is 0. The number of nitrogens with one attached hydrogen (secondary N) is 1. The Labute approximate surface area is 109 Å². The van der Waals surface area contributed by atoms with Gasteiger partial charge in [-0.25, -0.2) is 0 Å². The summed E-state index contributed by atoms with van der Waals surface area (Å²) in [6.07, 6.45) is 0. The number of anilines is 1. The molecule has 0 radical (unpaired) electrons.